The van der Waals surface area contributed by atoms with Gasteiger partial charge in [-0.25, -0.2) is 13.2 Å². The molecule has 1 amide bonds. The number of benzene rings is 2. The molecular weight excluding hydrogens is 424 g/mol. The number of hydrogen-bond acceptors (Lipinski definition) is 7. The molecule has 0 saturated heterocycles. The summed E-state index contributed by atoms with van der Waals surface area (Å²) in [6.07, 6.45) is 1.40. The zero-order valence-corrected chi connectivity index (χ0v) is 18.5. The number of carbonyl (C=O) groups excluding carboxylic acids is 2. The molecule has 0 spiro atoms. The van der Waals surface area contributed by atoms with Gasteiger partial charge in [0.15, 0.2) is 11.5 Å². The van der Waals surface area contributed by atoms with Crippen molar-refractivity contribution in [2.45, 2.75) is 24.7 Å². The molecule has 0 aromatic heterocycles. The fourth-order valence-electron chi connectivity index (χ4n) is 3.51. The van der Waals surface area contributed by atoms with Crippen LogP contribution in [0.4, 0.5) is 11.4 Å². The van der Waals surface area contributed by atoms with E-state index in [1.165, 1.54) is 46.5 Å². The summed E-state index contributed by atoms with van der Waals surface area (Å²) in [4.78, 5) is 25.7. The topological polar surface area (TPSA) is 111 Å². The van der Waals surface area contributed by atoms with E-state index in [0.717, 1.165) is 12.0 Å². The Morgan fingerprint density at radius 1 is 1.03 bits per heavy atom. The number of carbonyl (C=O) groups is 2. The summed E-state index contributed by atoms with van der Waals surface area (Å²) in [7, 11) is -0.0509. The lowest BCUT2D eigenvalue weighted by atomic mass is 10.0. The maximum atomic E-state index is 13.1. The Hall–Kier alpha value is -3.27. The Labute approximate surface area is 181 Å². The number of fused-ring (bicyclic) bond motifs is 1. The molecule has 1 N–H and O–H groups in total. The van der Waals surface area contributed by atoms with Gasteiger partial charge in [0.1, 0.15) is 0 Å². The zero-order chi connectivity index (χ0) is 22.8. The second kappa shape index (κ2) is 8.84. The van der Waals surface area contributed by atoms with Gasteiger partial charge in [-0.1, -0.05) is 0 Å². The van der Waals surface area contributed by atoms with Crippen LogP contribution in [0.15, 0.2) is 35.2 Å². The summed E-state index contributed by atoms with van der Waals surface area (Å²) in [5.41, 5.74) is 1.45. The van der Waals surface area contributed by atoms with Crippen LogP contribution in [0, 0.1) is 0 Å². The second-order valence-corrected chi connectivity index (χ2v) is 8.60. The minimum absolute atomic E-state index is 0.00687. The highest BCUT2D eigenvalue weighted by atomic mass is 32.2. The number of hydrogen-bond donors (Lipinski definition) is 1. The first-order valence-corrected chi connectivity index (χ1v) is 11.0. The Morgan fingerprint density at radius 3 is 2.32 bits per heavy atom. The Morgan fingerprint density at radius 2 is 1.71 bits per heavy atom. The van der Waals surface area contributed by atoms with E-state index in [1.807, 2.05) is 0 Å². The molecule has 0 saturated carbocycles. The Bertz CT molecular complexity index is 1130. The molecule has 0 radical (unpaired) electrons. The van der Waals surface area contributed by atoms with E-state index in [4.69, 9.17) is 14.2 Å². The van der Waals surface area contributed by atoms with Crippen LogP contribution >= 0.6 is 0 Å². The van der Waals surface area contributed by atoms with Gasteiger partial charge < -0.3 is 19.1 Å². The zero-order valence-electron chi connectivity index (χ0n) is 17.7. The number of rotatable bonds is 6. The number of amides is 1. The minimum atomic E-state index is -4.05. The maximum absolute atomic E-state index is 13.1. The molecular formula is C21H24N2O7S. The number of aryl methyl sites for hydroxylation is 1. The monoisotopic (exact) mass is 448 g/mol. The molecule has 1 aliphatic heterocycles. The number of nitrogens with zero attached hydrogens (tertiary/aromatic N) is 1. The van der Waals surface area contributed by atoms with E-state index in [-0.39, 0.29) is 33.6 Å². The van der Waals surface area contributed by atoms with Crippen molar-refractivity contribution in [2.24, 2.45) is 0 Å². The predicted molar refractivity (Wildman–Crippen MR) is 114 cm³/mol. The van der Waals surface area contributed by atoms with Gasteiger partial charge in [-0.3, -0.25) is 9.52 Å². The molecule has 10 heteroatoms. The van der Waals surface area contributed by atoms with E-state index < -0.39 is 16.0 Å². The van der Waals surface area contributed by atoms with Crippen molar-refractivity contribution in [1.29, 1.82) is 0 Å². The van der Waals surface area contributed by atoms with Crippen molar-refractivity contribution < 1.29 is 32.2 Å². The van der Waals surface area contributed by atoms with Gasteiger partial charge in [-0.2, -0.15) is 0 Å². The summed E-state index contributed by atoms with van der Waals surface area (Å²) in [5.74, 6) is -0.330. The number of esters is 1. The summed E-state index contributed by atoms with van der Waals surface area (Å²) in [6.45, 7) is 2.08. The van der Waals surface area contributed by atoms with Crippen molar-refractivity contribution in [1.82, 2.24) is 0 Å². The minimum Gasteiger partial charge on any atom is -0.493 e. The Kier molecular flexibility index (Phi) is 6.40. The molecule has 0 fully saturated rings. The molecule has 166 valence electrons. The predicted octanol–water partition coefficient (Wildman–Crippen LogP) is 2.59. The first-order valence-electron chi connectivity index (χ1n) is 9.50. The highest BCUT2D eigenvalue weighted by Crippen LogP contribution is 2.35. The molecule has 0 atom stereocenters. The molecule has 3 rings (SSSR count). The van der Waals surface area contributed by atoms with Crippen LogP contribution in [0.25, 0.3) is 0 Å². The molecule has 0 unspecified atom stereocenters. The van der Waals surface area contributed by atoms with Crippen LogP contribution < -0.4 is 19.1 Å². The van der Waals surface area contributed by atoms with Crippen molar-refractivity contribution in [3.8, 4) is 11.5 Å². The van der Waals surface area contributed by atoms with Gasteiger partial charge >= 0.3 is 5.97 Å². The molecule has 1 aliphatic rings. The summed E-state index contributed by atoms with van der Waals surface area (Å²) < 4.78 is 43.8. The van der Waals surface area contributed by atoms with Gasteiger partial charge in [0.25, 0.3) is 10.0 Å². The number of ether oxygens (including phenoxy) is 3. The van der Waals surface area contributed by atoms with Gasteiger partial charge in [0.2, 0.25) is 5.91 Å². The van der Waals surface area contributed by atoms with Crippen molar-refractivity contribution in [2.75, 3.05) is 37.5 Å². The summed E-state index contributed by atoms with van der Waals surface area (Å²) in [6, 6.07) is 7.31. The van der Waals surface area contributed by atoms with Gasteiger partial charge in [0, 0.05) is 31.3 Å². The van der Waals surface area contributed by atoms with Crippen LogP contribution in [0.1, 0.15) is 29.3 Å². The smallest absolute Gasteiger partial charge is 0.340 e. The Balaban J connectivity index is 2.03. The van der Waals surface area contributed by atoms with Crippen LogP contribution in [-0.2, 0) is 26.0 Å². The highest BCUT2D eigenvalue weighted by molar-refractivity contribution is 7.92. The largest absolute Gasteiger partial charge is 0.493 e. The lowest BCUT2D eigenvalue weighted by molar-refractivity contribution is -0.116. The lowest BCUT2D eigenvalue weighted by Gasteiger charge is -2.28. The molecule has 0 aliphatic carbocycles. The van der Waals surface area contributed by atoms with Crippen molar-refractivity contribution >= 4 is 33.3 Å². The van der Waals surface area contributed by atoms with Crippen molar-refractivity contribution in [3.63, 3.8) is 0 Å². The number of anilines is 2. The quantitative estimate of drug-likeness (QED) is 0.676. The molecule has 0 bridgehead atoms. The SMILES string of the molecule is COC(=O)c1cc(OC)c(OC)cc1NS(=O)(=O)c1ccc2c(c1)CCCN2C(C)=O. The third-order valence-electron chi connectivity index (χ3n) is 5.03. The average molecular weight is 448 g/mol. The van der Waals surface area contributed by atoms with Crippen LogP contribution in [0.5, 0.6) is 11.5 Å². The summed E-state index contributed by atoms with van der Waals surface area (Å²) >= 11 is 0. The summed E-state index contributed by atoms with van der Waals surface area (Å²) in [5, 5.41) is 0. The first kappa shape index (κ1) is 22.4. The average Bonchev–Trinajstić information content (AvgIpc) is 2.76. The van der Waals surface area contributed by atoms with E-state index in [2.05, 4.69) is 4.72 Å². The molecule has 1 heterocycles. The normalized spacial score (nSPS) is 13.2. The first-order chi connectivity index (χ1) is 14.7. The van der Waals surface area contributed by atoms with E-state index >= 15 is 0 Å². The number of methoxy groups -OCH3 is 3. The van der Waals surface area contributed by atoms with Crippen LogP contribution in [-0.4, -0.2) is 48.2 Å². The maximum Gasteiger partial charge on any atom is 0.340 e. The van der Waals surface area contributed by atoms with Gasteiger partial charge in [-0.05, 0) is 36.6 Å². The highest BCUT2D eigenvalue weighted by Gasteiger charge is 2.25. The molecule has 31 heavy (non-hydrogen) atoms. The van der Waals surface area contributed by atoms with Crippen LogP contribution in [0.2, 0.25) is 0 Å². The van der Waals surface area contributed by atoms with Gasteiger partial charge in [-0.15, -0.1) is 0 Å². The molecule has 2 aromatic rings. The van der Waals surface area contributed by atoms with Gasteiger partial charge in [0.05, 0.1) is 37.5 Å². The lowest BCUT2D eigenvalue weighted by Crippen LogP contribution is -2.33. The fraction of sp³-hybridized carbons (Fsp3) is 0.333. The number of nitrogens with one attached hydrogen (secondary N) is 1. The van der Waals surface area contributed by atoms with E-state index in [9.17, 15) is 18.0 Å². The van der Waals surface area contributed by atoms with E-state index in [1.54, 1.807) is 17.0 Å². The van der Waals surface area contributed by atoms with Crippen molar-refractivity contribution in [3.05, 3.63) is 41.5 Å². The molecule has 9 nitrogen and oxygen atoms in total. The van der Waals surface area contributed by atoms with E-state index in [0.29, 0.717) is 18.7 Å². The standard InChI is InChI=1S/C21H24N2O7S/c1-13(24)23-9-5-6-14-10-15(7-8-18(14)23)31(26,27)22-17-12-20(29-3)19(28-2)11-16(17)21(25)30-4/h7-8,10-12,22H,5-6,9H2,1-4H3. The molecule has 2 aromatic carbocycles. The third-order valence-corrected chi connectivity index (χ3v) is 6.40. The third kappa shape index (κ3) is 4.43. The second-order valence-electron chi connectivity index (χ2n) is 6.91. The fourth-order valence-corrected chi connectivity index (χ4v) is 4.63. The van der Waals surface area contributed by atoms with Crippen LogP contribution in [0.3, 0.4) is 0 Å². The number of sulfonamides is 1.